The summed E-state index contributed by atoms with van der Waals surface area (Å²) in [6, 6.07) is 19.9. The lowest BCUT2D eigenvalue weighted by molar-refractivity contribution is 0.0913. The highest BCUT2D eigenvalue weighted by Gasteiger charge is 2.33. The molecule has 28 heavy (non-hydrogen) atoms. The monoisotopic (exact) mass is 372 g/mol. The van der Waals surface area contributed by atoms with Gasteiger partial charge in [-0.2, -0.15) is 0 Å². The fraction of sp³-hybridized carbons (Fsp3) is 0.250. The Bertz CT molecular complexity index is 980. The number of rotatable bonds is 4. The molecule has 0 fully saturated rings. The molecule has 142 valence electrons. The smallest absolute Gasteiger partial charge is 0.268 e. The maximum absolute atomic E-state index is 13.3. The predicted octanol–water partition coefficient (Wildman–Crippen LogP) is 4.54. The molecule has 2 N–H and O–H groups in total. The summed E-state index contributed by atoms with van der Waals surface area (Å²) < 4.78 is 0. The highest BCUT2D eigenvalue weighted by Crippen LogP contribution is 2.31. The van der Waals surface area contributed by atoms with E-state index in [1.54, 1.807) is 0 Å². The number of aryl methyl sites for hydroxylation is 1. The van der Waals surface area contributed by atoms with E-state index in [-0.39, 0.29) is 11.7 Å². The standard InChI is InChI=1S/C24H24N2O2/c1-16-21-19(14-9-15-20(21)27)25-22(16)23(28)26-24(2,17-10-5-3-6-11-17)18-12-7-4-8-13-18/h3-8,10-13,25H,9,14-15H2,1-2H3,(H,26,28). The molecular weight excluding hydrogens is 348 g/mol. The van der Waals surface area contributed by atoms with Gasteiger partial charge in [-0.1, -0.05) is 60.7 Å². The van der Waals surface area contributed by atoms with Gasteiger partial charge in [0.15, 0.2) is 5.78 Å². The molecule has 0 aliphatic heterocycles. The van der Waals surface area contributed by atoms with Crippen molar-refractivity contribution in [2.75, 3.05) is 0 Å². The maximum atomic E-state index is 13.3. The average molecular weight is 372 g/mol. The first-order chi connectivity index (χ1) is 13.5. The summed E-state index contributed by atoms with van der Waals surface area (Å²) in [7, 11) is 0. The van der Waals surface area contributed by atoms with Gasteiger partial charge in [-0.15, -0.1) is 0 Å². The Kier molecular flexibility index (Phi) is 4.63. The number of hydrogen-bond acceptors (Lipinski definition) is 2. The van der Waals surface area contributed by atoms with Crippen molar-refractivity contribution < 1.29 is 9.59 Å². The lowest BCUT2D eigenvalue weighted by atomic mass is 9.84. The Morgan fingerprint density at radius 2 is 1.54 bits per heavy atom. The number of amides is 1. The SMILES string of the molecule is Cc1c(C(=O)NC(C)(c2ccccc2)c2ccccc2)[nH]c2c1C(=O)CCC2. The van der Waals surface area contributed by atoms with E-state index in [4.69, 9.17) is 0 Å². The first kappa shape index (κ1) is 18.2. The van der Waals surface area contributed by atoms with E-state index in [1.807, 2.05) is 74.5 Å². The van der Waals surface area contributed by atoms with Crippen molar-refractivity contribution in [2.45, 2.75) is 38.6 Å². The zero-order valence-corrected chi connectivity index (χ0v) is 16.2. The fourth-order valence-corrected chi connectivity index (χ4v) is 4.14. The Morgan fingerprint density at radius 1 is 0.964 bits per heavy atom. The van der Waals surface area contributed by atoms with Crippen molar-refractivity contribution in [3.05, 3.63) is 94.3 Å². The van der Waals surface area contributed by atoms with Gasteiger partial charge in [0.2, 0.25) is 0 Å². The van der Waals surface area contributed by atoms with Crippen LogP contribution in [0.2, 0.25) is 0 Å². The highest BCUT2D eigenvalue weighted by molar-refractivity contribution is 6.04. The molecule has 0 saturated carbocycles. The molecule has 0 atom stereocenters. The van der Waals surface area contributed by atoms with Crippen molar-refractivity contribution in [1.82, 2.24) is 10.3 Å². The molecule has 1 aliphatic carbocycles. The molecule has 3 aromatic rings. The van der Waals surface area contributed by atoms with Crippen molar-refractivity contribution in [3.8, 4) is 0 Å². The Morgan fingerprint density at radius 3 is 2.07 bits per heavy atom. The number of nitrogens with one attached hydrogen (secondary N) is 2. The summed E-state index contributed by atoms with van der Waals surface area (Å²) in [6.45, 7) is 3.87. The van der Waals surface area contributed by atoms with Crippen LogP contribution >= 0.6 is 0 Å². The van der Waals surface area contributed by atoms with Crippen LogP contribution in [-0.2, 0) is 12.0 Å². The number of carbonyl (C=O) groups excluding carboxylic acids is 2. The first-order valence-electron chi connectivity index (χ1n) is 9.69. The van der Waals surface area contributed by atoms with E-state index >= 15 is 0 Å². The number of Topliss-reactive ketones (excluding diaryl/α,β-unsaturated/α-hetero) is 1. The second kappa shape index (κ2) is 7.12. The summed E-state index contributed by atoms with van der Waals surface area (Å²) in [4.78, 5) is 28.8. The Hall–Kier alpha value is -3.14. The van der Waals surface area contributed by atoms with Crippen LogP contribution in [0.5, 0.6) is 0 Å². The second-order valence-electron chi connectivity index (χ2n) is 7.57. The summed E-state index contributed by atoms with van der Waals surface area (Å²) in [5.41, 5.74) is 4.14. The van der Waals surface area contributed by atoms with Crippen molar-refractivity contribution in [3.63, 3.8) is 0 Å². The zero-order valence-electron chi connectivity index (χ0n) is 16.2. The van der Waals surface area contributed by atoms with Crippen molar-refractivity contribution >= 4 is 11.7 Å². The van der Waals surface area contributed by atoms with E-state index in [1.165, 1.54) is 0 Å². The maximum Gasteiger partial charge on any atom is 0.268 e. The van der Waals surface area contributed by atoms with Gasteiger partial charge in [-0.25, -0.2) is 0 Å². The van der Waals surface area contributed by atoms with Gasteiger partial charge in [0.25, 0.3) is 5.91 Å². The molecule has 1 aromatic heterocycles. The number of aromatic amines is 1. The van der Waals surface area contributed by atoms with Gasteiger partial charge in [-0.3, -0.25) is 9.59 Å². The van der Waals surface area contributed by atoms with Crippen LogP contribution in [0.25, 0.3) is 0 Å². The van der Waals surface area contributed by atoms with Gasteiger partial charge in [0.05, 0.1) is 5.54 Å². The molecule has 1 heterocycles. The number of carbonyl (C=O) groups is 2. The molecule has 2 aromatic carbocycles. The fourth-order valence-electron chi connectivity index (χ4n) is 4.14. The van der Waals surface area contributed by atoms with Crippen LogP contribution in [0, 0.1) is 6.92 Å². The van der Waals surface area contributed by atoms with Gasteiger partial charge >= 0.3 is 0 Å². The van der Waals surface area contributed by atoms with Crippen LogP contribution < -0.4 is 5.32 Å². The van der Waals surface area contributed by atoms with Crippen LogP contribution in [0.15, 0.2) is 60.7 Å². The van der Waals surface area contributed by atoms with Gasteiger partial charge in [0, 0.05) is 17.7 Å². The summed E-state index contributed by atoms with van der Waals surface area (Å²) >= 11 is 0. The Balaban J connectivity index is 1.74. The molecule has 1 amide bonds. The largest absolute Gasteiger partial charge is 0.354 e. The third-order valence-corrected chi connectivity index (χ3v) is 5.73. The molecule has 1 aliphatic rings. The van der Waals surface area contributed by atoms with Crippen LogP contribution in [-0.4, -0.2) is 16.7 Å². The van der Waals surface area contributed by atoms with Crippen LogP contribution in [0.3, 0.4) is 0 Å². The molecule has 4 rings (SSSR count). The summed E-state index contributed by atoms with van der Waals surface area (Å²) in [6.07, 6.45) is 2.20. The summed E-state index contributed by atoms with van der Waals surface area (Å²) in [5, 5.41) is 3.23. The van der Waals surface area contributed by atoms with Crippen LogP contribution in [0.1, 0.15) is 63.0 Å². The second-order valence-corrected chi connectivity index (χ2v) is 7.57. The van der Waals surface area contributed by atoms with Gasteiger partial charge < -0.3 is 10.3 Å². The molecule has 4 heteroatoms. The van der Waals surface area contributed by atoms with E-state index < -0.39 is 5.54 Å². The van der Waals surface area contributed by atoms with Crippen molar-refractivity contribution in [1.29, 1.82) is 0 Å². The van der Waals surface area contributed by atoms with E-state index in [0.29, 0.717) is 17.7 Å². The minimum Gasteiger partial charge on any atom is -0.354 e. The number of H-pyrrole nitrogens is 1. The predicted molar refractivity (Wildman–Crippen MR) is 110 cm³/mol. The minimum atomic E-state index is -0.693. The first-order valence-corrected chi connectivity index (χ1v) is 9.69. The normalized spacial score (nSPS) is 13.9. The number of aromatic nitrogens is 1. The molecule has 0 spiro atoms. The number of fused-ring (bicyclic) bond motifs is 1. The van der Waals surface area contributed by atoms with E-state index in [0.717, 1.165) is 35.2 Å². The zero-order chi connectivity index (χ0) is 19.7. The van der Waals surface area contributed by atoms with Gasteiger partial charge in [0.1, 0.15) is 5.69 Å². The average Bonchev–Trinajstić information content (AvgIpc) is 3.07. The topological polar surface area (TPSA) is 62.0 Å². The molecule has 4 nitrogen and oxygen atoms in total. The molecular formula is C24H24N2O2. The van der Waals surface area contributed by atoms with E-state index in [2.05, 4.69) is 10.3 Å². The van der Waals surface area contributed by atoms with Crippen molar-refractivity contribution in [2.24, 2.45) is 0 Å². The third-order valence-electron chi connectivity index (χ3n) is 5.73. The third kappa shape index (κ3) is 3.05. The number of ketones is 1. The van der Waals surface area contributed by atoms with Gasteiger partial charge in [-0.05, 0) is 43.4 Å². The number of hydrogen-bond donors (Lipinski definition) is 2. The molecule has 0 bridgehead atoms. The highest BCUT2D eigenvalue weighted by atomic mass is 16.2. The lowest BCUT2D eigenvalue weighted by Crippen LogP contribution is -2.44. The quantitative estimate of drug-likeness (QED) is 0.706. The molecule has 0 radical (unpaired) electrons. The lowest BCUT2D eigenvalue weighted by Gasteiger charge is -2.32. The molecule has 0 saturated heterocycles. The summed E-state index contributed by atoms with van der Waals surface area (Å²) in [5.74, 6) is -0.0714. The number of benzene rings is 2. The Labute approximate surface area is 165 Å². The van der Waals surface area contributed by atoms with Crippen LogP contribution in [0.4, 0.5) is 0 Å². The van der Waals surface area contributed by atoms with E-state index in [9.17, 15) is 9.59 Å². The minimum absolute atomic E-state index is 0.128. The molecule has 0 unspecified atom stereocenters.